The molecule has 0 atom stereocenters. The lowest BCUT2D eigenvalue weighted by Gasteiger charge is -2.11. The van der Waals surface area contributed by atoms with E-state index in [9.17, 15) is 0 Å². The van der Waals surface area contributed by atoms with E-state index in [1.54, 1.807) is 0 Å². The van der Waals surface area contributed by atoms with Crippen LogP contribution in [0.1, 0.15) is 37.2 Å². The van der Waals surface area contributed by atoms with Crippen molar-refractivity contribution in [1.29, 1.82) is 0 Å². The number of hydrogen-bond donors (Lipinski definition) is 0. The molecule has 0 bridgehead atoms. The van der Waals surface area contributed by atoms with E-state index in [4.69, 9.17) is 9.72 Å². The predicted octanol–water partition coefficient (Wildman–Crippen LogP) is 4.61. The fourth-order valence-electron chi connectivity index (χ4n) is 3.43. The highest BCUT2D eigenvalue weighted by atomic mass is 16.5. The second-order valence-electron chi connectivity index (χ2n) is 7.07. The molecule has 4 rings (SSSR count). The molecule has 0 amide bonds. The molecular formula is C21H24N2O. The Labute approximate surface area is 143 Å². The number of para-hydroxylation sites is 2. The van der Waals surface area contributed by atoms with E-state index in [1.165, 1.54) is 23.1 Å². The molecule has 0 aliphatic carbocycles. The molecule has 3 nitrogen and oxygen atoms in total. The molecule has 0 saturated carbocycles. The summed E-state index contributed by atoms with van der Waals surface area (Å²) in [5.41, 5.74) is 5.00. The van der Waals surface area contributed by atoms with Crippen LogP contribution in [0.3, 0.4) is 0 Å². The Bertz CT molecular complexity index is 863. The third-order valence-corrected chi connectivity index (χ3v) is 4.78. The number of nitrogens with zero attached hydrogens (tertiary/aromatic N) is 2. The normalized spacial score (nSPS) is 13.5. The van der Waals surface area contributed by atoms with Crippen LogP contribution in [-0.2, 0) is 19.4 Å². The van der Waals surface area contributed by atoms with Crippen molar-refractivity contribution in [3.8, 4) is 5.75 Å². The number of hydrogen-bond acceptors (Lipinski definition) is 2. The van der Waals surface area contributed by atoms with Gasteiger partial charge >= 0.3 is 0 Å². The summed E-state index contributed by atoms with van der Waals surface area (Å²) in [5.74, 6) is 2.90. The van der Waals surface area contributed by atoms with Crippen LogP contribution >= 0.6 is 0 Å². The molecule has 3 aromatic rings. The highest BCUT2D eigenvalue weighted by molar-refractivity contribution is 5.76. The van der Waals surface area contributed by atoms with Crippen LogP contribution in [-0.4, -0.2) is 16.2 Å². The monoisotopic (exact) mass is 320 g/mol. The van der Waals surface area contributed by atoms with Gasteiger partial charge in [-0.2, -0.15) is 0 Å². The Kier molecular flexibility index (Phi) is 4.01. The number of aromatic nitrogens is 2. The fourth-order valence-corrected chi connectivity index (χ4v) is 3.43. The Hall–Kier alpha value is -2.29. The predicted molar refractivity (Wildman–Crippen MR) is 97.6 cm³/mol. The highest BCUT2D eigenvalue weighted by Gasteiger charge is 2.15. The van der Waals surface area contributed by atoms with Crippen LogP contribution in [0.15, 0.2) is 42.5 Å². The molecule has 0 unspecified atom stereocenters. The van der Waals surface area contributed by atoms with Crippen LogP contribution in [0, 0.1) is 5.92 Å². The van der Waals surface area contributed by atoms with Crippen molar-refractivity contribution in [2.45, 2.75) is 39.7 Å². The lowest BCUT2D eigenvalue weighted by molar-refractivity contribution is 0.357. The average Bonchev–Trinajstić information content (AvgIpc) is 3.16. The summed E-state index contributed by atoms with van der Waals surface area (Å²) in [5, 5.41) is 0. The quantitative estimate of drug-likeness (QED) is 0.686. The van der Waals surface area contributed by atoms with Crippen molar-refractivity contribution in [1.82, 2.24) is 9.55 Å². The minimum Gasteiger partial charge on any atom is -0.493 e. The van der Waals surface area contributed by atoms with Crippen molar-refractivity contribution in [3.05, 3.63) is 59.4 Å². The van der Waals surface area contributed by atoms with Gasteiger partial charge in [0, 0.05) is 19.4 Å². The first-order chi connectivity index (χ1) is 11.7. The van der Waals surface area contributed by atoms with Crippen LogP contribution < -0.4 is 4.74 Å². The maximum Gasteiger partial charge on any atom is 0.122 e. The van der Waals surface area contributed by atoms with Gasteiger partial charge in [-0.1, -0.05) is 38.1 Å². The SMILES string of the molecule is CC(C)CCn1c(Cc2ccc3c(c2)CCO3)nc2ccccc21. The molecule has 1 aliphatic heterocycles. The Balaban J connectivity index is 1.68. The van der Waals surface area contributed by atoms with Crippen molar-refractivity contribution in [2.75, 3.05) is 6.61 Å². The number of ether oxygens (including phenoxy) is 1. The van der Waals surface area contributed by atoms with Gasteiger partial charge in [-0.3, -0.25) is 0 Å². The van der Waals surface area contributed by atoms with Gasteiger partial charge in [-0.05, 0) is 41.7 Å². The van der Waals surface area contributed by atoms with Gasteiger partial charge in [-0.15, -0.1) is 0 Å². The van der Waals surface area contributed by atoms with Gasteiger partial charge in [0.15, 0.2) is 0 Å². The van der Waals surface area contributed by atoms with Crippen LogP contribution in [0.4, 0.5) is 0 Å². The largest absolute Gasteiger partial charge is 0.493 e. The van der Waals surface area contributed by atoms with Crippen LogP contribution in [0.25, 0.3) is 11.0 Å². The minimum absolute atomic E-state index is 0.691. The lowest BCUT2D eigenvalue weighted by Crippen LogP contribution is -2.07. The van der Waals surface area contributed by atoms with E-state index < -0.39 is 0 Å². The summed E-state index contributed by atoms with van der Waals surface area (Å²) in [6.07, 6.45) is 3.07. The van der Waals surface area contributed by atoms with E-state index >= 15 is 0 Å². The first-order valence-electron chi connectivity index (χ1n) is 8.89. The molecule has 1 aromatic heterocycles. The first kappa shape index (κ1) is 15.3. The average molecular weight is 320 g/mol. The summed E-state index contributed by atoms with van der Waals surface area (Å²) < 4.78 is 8.02. The molecule has 2 aromatic carbocycles. The molecule has 2 heterocycles. The van der Waals surface area contributed by atoms with Gasteiger partial charge in [-0.25, -0.2) is 4.98 Å². The topological polar surface area (TPSA) is 27.1 Å². The summed E-state index contributed by atoms with van der Waals surface area (Å²) in [6, 6.07) is 15.0. The Morgan fingerprint density at radius 3 is 2.92 bits per heavy atom. The number of fused-ring (bicyclic) bond motifs is 2. The highest BCUT2D eigenvalue weighted by Crippen LogP contribution is 2.27. The second-order valence-corrected chi connectivity index (χ2v) is 7.07. The second kappa shape index (κ2) is 6.31. The molecule has 24 heavy (non-hydrogen) atoms. The van der Waals surface area contributed by atoms with Crippen molar-refractivity contribution < 1.29 is 4.74 Å². The van der Waals surface area contributed by atoms with E-state index in [1.807, 2.05) is 0 Å². The van der Waals surface area contributed by atoms with Crippen molar-refractivity contribution in [2.24, 2.45) is 5.92 Å². The zero-order valence-corrected chi connectivity index (χ0v) is 14.5. The Morgan fingerprint density at radius 1 is 1.17 bits per heavy atom. The van der Waals surface area contributed by atoms with Gasteiger partial charge in [0.2, 0.25) is 0 Å². The molecule has 0 radical (unpaired) electrons. The van der Waals surface area contributed by atoms with E-state index in [2.05, 4.69) is 60.9 Å². The van der Waals surface area contributed by atoms with Crippen LogP contribution in [0.5, 0.6) is 5.75 Å². The smallest absolute Gasteiger partial charge is 0.122 e. The van der Waals surface area contributed by atoms with Gasteiger partial charge in [0.1, 0.15) is 11.6 Å². The van der Waals surface area contributed by atoms with Crippen molar-refractivity contribution >= 4 is 11.0 Å². The van der Waals surface area contributed by atoms with Crippen molar-refractivity contribution in [3.63, 3.8) is 0 Å². The fraction of sp³-hybridized carbons (Fsp3) is 0.381. The van der Waals surface area contributed by atoms with E-state index in [0.717, 1.165) is 43.1 Å². The number of aryl methyl sites for hydroxylation is 1. The van der Waals surface area contributed by atoms with E-state index in [0.29, 0.717) is 5.92 Å². The molecule has 0 N–H and O–H groups in total. The molecule has 0 spiro atoms. The number of imidazole rings is 1. The number of benzene rings is 2. The molecule has 3 heteroatoms. The maximum absolute atomic E-state index is 5.62. The molecular weight excluding hydrogens is 296 g/mol. The third kappa shape index (κ3) is 2.91. The summed E-state index contributed by atoms with van der Waals surface area (Å²) in [7, 11) is 0. The summed E-state index contributed by atoms with van der Waals surface area (Å²) >= 11 is 0. The molecule has 124 valence electrons. The maximum atomic E-state index is 5.62. The lowest BCUT2D eigenvalue weighted by atomic mass is 10.1. The van der Waals surface area contributed by atoms with Gasteiger partial charge in [0.25, 0.3) is 0 Å². The Morgan fingerprint density at radius 2 is 2.04 bits per heavy atom. The minimum atomic E-state index is 0.691. The molecule has 0 saturated heterocycles. The zero-order valence-electron chi connectivity index (χ0n) is 14.5. The van der Waals surface area contributed by atoms with Gasteiger partial charge in [0.05, 0.1) is 17.6 Å². The number of rotatable bonds is 5. The summed E-state index contributed by atoms with van der Waals surface area (Å²) in [6.45, 7) is 6.39. The molecule has 0 fully saturated rings. The standard InChI is InChI=1S/C21H24N2O/c1-15(2)9-11-23-19-6-4-3-5-18(19)22-21(23)14-16-7-8-20-17(13-16)10-12-24-20/h3-8,13,15H,9-12,14H2,1-2H3. The first-order valence-corrected chi connectivity index (χ1v) is 8.89. The summed E-state index contributed by atoms with van der Waals surface area (Å²) in [4.78, 5) is 4.91. The zero-order chi connectivity index (χ0) is 16.5. The van der Waals surface area contributed by atoms with E-state index in [-0.39, 0.29) is 0 Å². The third-order valence-electron chi connectivity index (χ3n) is 4.78. The van der Waals surface area contributed by atoms with Gasteiger partial charge < -0.3 is 9.30 Å². The van der Waals surface area contributed by atoms with Crippen LogP contribution in [0.2, 0.25) is 0 Å². The molecule has 1 aliphatic rings.